The first-order valence-corrected chi connectivity index (χ1v) is 9.14. The van der Waals surface area contributed by atoms with Gasteiger partial charge in [0.2, 0.25) is 17.5 Å². The van der Waals surface area contributed by atoms with Crippen molar-refractivity contribution in [3.8, 4) is 0 Å². The van der Waals surface area contributed by atoms with Crippen LogP contribution in [0.2, 0.25) is 10.0 Å². The van der Waals surface area contributed by atoms with E-state index in [9.17, 15) is 14.0 Å². The van der Waals surface area contributed by atoms with E-state index in [2.05, 4.69) is 9.88 Å². The smallest absolute Gasteiger partial charge is 0.230 e. The summed E-state index contributed by atoms with van der Waals surface area (Å²) in [6.45, 7) is 0. The van der Waals surface area contributed by atoms with E-state index in [4.69, 9.17) is 23.2 Å². The summed E-state index contributed by atoms with van der Waals surface area (Å²) in [5, 5.41) is 0.584. The average molecular weight is 391 g/mol. The minimum absolute atomic E-state index is 0.0134. The maximum Gasteiger partial charge on any atom is 0.230 e. The lowest BCUT2D eigenvalue weighted by molar-refractivity contribution is -0.205. The molecule has 0 radical (unpaired) electrons. The third-order valence-electron chi connectivity index (χ3n) is 5.98. The largest absolute Gasteiger partial charge is 0.288 e. The van der Waals surface area contributed by atoms with Gasteiger partial charge in [0.05, 0.1) is 15.6 Å². The molecule has 26 heavy (non-hydrogen) atoms. The summed E-state index contributed by atoms with van der Waals surface area (Å²) in [5.41, 5.74) is 1.03. The van der Waals surface area contributed by atoms with Crippen molar-refractivity contribution in [3.63, 3.8) is 0 Å². The fourth-order valence-electron chi connectivity index (χ4n) is 4.82. The van der Waals surface area contributed by atoms with Gasteiger partial charge in [-0.3, -0.25) is 14.5 Å². The number of hydrogen-bond acceptors (Lipinski definition) is 4. The Labute approximate surface area is 158 Å². The lowest BCUT2D eigenvalue weighted by atomic mass is 9.56. The number of pyridine rings is 1. The van der Waals surface area contributed by atoms with Crippen molar-refractivity contribution in [2.45, 2.75) is 36.9 Å². The van der Waals surface area contributed by atoms with Gasteiger partial charge in [-0.25, -0.2) is 4.98 Å². The van der Waals surface area contributed by atoms with Gasteiger partial charge in [-0.05, 0) is 49.1 Å². The fourth-order valence-corrected chi connectivity index (χ4v) is 5.12. The zero-order chi connectivity index (χ0) is 18.2. The van der Waals surface area contributed by atoms with E-state index >= 15 is 0 Å². The van der Waals surface area contributed by atoms with Gasteiger partial charge in [-0.1, -0.05) is 23.2 Å². The summed E-state index contributed by atoms with van der Waals surface area (Å²) in [7, 11) is 0. The Hall–Kier alpha value is -1.82. The molecule has 2 saturated heterocycles. The molecule has 3 aliphatic heterocycles. The molecule has 3 atom stereocenters. The Balaban J connectivity index is 1.44. The maximum absolute atomic E-state index is 14.0. The molecule has 0 N–H and O–H groups in total. The second kappa shape index (κ2) is 5.35. The van der Waals surface area contributed by atoms with Gasteiger partial charge < -0.3 is 0 Å². The van der Waals surface area contributed by atoms with E-state index in [1.54, 1.807) is 0 Å². The number of piperidine rings is 1. The Morgan fingerprint density at radius 1 is 1.19 bits per heavy atom. The number of halogens is 3. The molecule has 132 valence electrons. The van der Waals surface area contributed by atoms with E-state index in [1.165, 1.54) is 24.4 Å². The van der Waals surface area contributed by atoms with Crippen molar-refractivity contribution in [1.82, 2.24) is 9.88 Å². The summed E-state index contributed by atoms with van der Waals surface area (Å²) in [4.78, 5) is 31.5. The second-order valence-electron chi connectivity index (χ2n) is 7.18. The number of hydrogen-bond donors (Lipinski definition) is 0. The summed E-state index contributed by atoms with van der Waals surface area (Å²) in [6.07, 6.45) is 3.09. The van der Waals surface area contributed by atoms with Crippen LogP contribution in [0.4, 0.5) is 4.39 Å². The van der Waals surface area contributed by atoms with Gasteiger partial charge in [-0.2, -0.15) is 4.39 Å². The number of aromatic nitrogens is 1. The SMILES string of the molecule is O=C(C(=O)C12C[C@H]3Cc4c(ccnc4F)[C@@H](C1)N32)c1ccc(Cl)c(Cl)c1. The number of ketones is 2. The highest BCUT2D eigenvalue weighted by atomic mass is 35.5. The van der Waals surface area contributed by atoms with E-state index in [0.29, 0.717) is 29.8 Å². The molecule has 4 nitrogen and oxygen atoms in total. The highest BCUT2D eigenvalue weighted by Crippen LogP contribution is 2.62. The van der Waals surface area contributed by atoms with Crippen molar-refractivity contribution in [1.29, 1.82) is 0 Å². The first-order valence-electron chi connectivity index (χ1n) is 8.38. The van der Waals surface area contributed by atoms with Crippen molar-refractivity contribution in [2.75, 3.05) is 0 Å². The van der Waals surface area contributed by atoms with Gasteiger partial charge in [0, 0.05) is 29.4 Å². The van der Waals surface area contributed by atoms with Crippen LogP contribution < -0.4 is 0 Å². The molecule has 4 heterocycles. The normalized spacial score (nSPS) is 28.4. The van der Waals surface area contributed by atoms with Gasteiger partial charge >= 0.3 is 0 Å². The van der Waals surface area contributed by atoms with Gasteiger partial charge in [0.1, 0.15) is 0 Å². The van der Waals surface area contributed by atoms with Crippen molar-refractivity contribution < 1.29 is 14.0 Å². The van der Waals surface area contributed by atoms with Crippen molar-refractivity contribution >= 4 is 34.8 Å². The van der Waals surface area contributed by atoms with Crippen LogP contribution in [-0.4, -0.2) is 33.0 Å². The van der Waals surface area contributed by atoms with Crippen LogP contribution in [-0.2, 0) is 11.2 Å². The number of fused-ring (bicyclic) bond motifs is 2. The Kier molecular flexibility index (Phi) is 3.36. The van der Waals surface area contributed by atoms with E-state index in [1.807, 2.05) is 6.07 Å². The Morgan fingerprint density at radius 3 is 2.77 bits per heavy atom. The molecule has 1 unspecified atom stereocenters. The lowest BCUT2D eigenvalue weighted by Crippen LogP contribution is -2.80. The van der Waals surface area contributed by atoms with E-state index < -0.39 is 23.1 Å². The number of Topliss-reactive ketones (excluding diaryl/α,β-unsaturated/α-hetero) is 2. The molecule has 0 saturated carbocycles. The van der Waals surface area contributed by atoms with Gasteiger partial charge in [-0.15, -0.1) is 0 Å². The summed E-state index contributed by atoms with van der Waals surface area (Å²) < 4.78 is 14.0. The molecule has 0 spiro atoms. The van der Waals surface area contributed by atoms with Crippen LogP contribution in [0, 0.1) is 5.95 Å². The van der Waals surface area contributed by atoms with Crippen molar-refractivity contribution in [3.05, 3.63) is 63.1 Å². The Bertz CT molecular complexity index is 995. The topological polar surface area (TPSA) is 50.3 Å². The van der Waals surface area contributed by atoms with Crippen LogP contribution in [0.15, 0.2) is 30.5 Å². The fraction of sp³-hybridized carbons (Fsp3) is 0.316. The monoisotopic (exact) mass is 390 g/mol. The Morgan fingerprint density at radius 2 is 2.00 bits per heavy atom. The number of carbonyl (C=O) groups is 2. The third kappa shape index (κ3) is 1.96. The zero-order valence-corrected chi connectivity index (χ0v) is 15.0. The predicted molar refractivity (Wildman–Crippen MR) is 94.0 cm³/mol. The summed E-state index contributed by atoms with van der Waals surface area (Å²) >= 11 is 11.8. The van der Waals surface area contributed by atoms with Gasteiger partial charge in [0.15, 0.2) is 0 Å². The molecule has 0 bridgehead atoms. The molecule has 7 heteroatoms. The molecular weight excluding hydrogens is 378 g/mol. The molecule has 0 aliphatic carbocycles. The van der Waals surface area contributed by atoms with Crippen LogP contribution in [0.1, 0.15) is 40.4 Å². The number of benzene rings is 1. The molecule has 3 aliphatic rings. The average Bonchev–Trinajstić information content (AvgIpc) is 2.59. The van der Waals surface area contributed by atoms with Crippen LogP contribution >= 0.6 is 23.2 Å². The highest BCUT2D eigenvalue weighted by Gasteiger charge is 2.69. The van der Waals surface area contributed by atoms with Crippen LogP contribution in [0.5, 0.6) is 0 Å². The van der Waals surface area contributed by atoms with Crippen LogP contribution in [0.25, 0.3) is 0 Å². The highest BCUT2D eigenvalue weighted by molar-refractivity contribution is 6.48. The van der Waals surface area contributed by atoms with Crippen molar-refractivity contribution in [2.24, 2.45) is 0 Å². The lowest BCUT2D eigenvalue weighted by Gasteiger charge is -2.71. The number of carbonyl (C=O) groups excluding carboxylic acids is 2. The molecule has 2 fully saturated rings. The second-order valence-corrected chi connectivity index (χ2v) is 7.99. The minimum atomic E-state index is -0.754. The van der Waals surface area contributed by atoms with Gasteiger partial charge in [0.25, 0.3) is 0 Å². The maximum atomic E-state index is 14.0. The molecule has 1 aromatic carbocycles. The van der Waals surface area contributed by atoms with Crippen LogP contribution in [0.3, 0.4) is 0 Å². The number of rotatable bonds is 3. The molecule has 2 aromatic rings. The minimum Gasteiger partial charge on any atom is -0.288 e. The molecule has 1 aromatic heterocycles. The summed E-state index contributed by atoms with van der Waals surface area (Å²) in [5.74, 6) is -1.39. The zero-order valence-electron chi connectivity index (χ0n) is 13.5. The predicted octanol–water partition coefficient (Wildman–Crippen LogP) is 3.79. The van der Waals surface area contributed by atoms with E-state index in [-0.39, 0.29) is 22.7 Å². The first kappa shape index (κ1) is 16.4. The molecule has 0 amide bonds. The third-order valence-corrected chi connectivity index (χ3v) is 6.72. The standard InChI is InChI=1S/C19H13Cl2FN2O2/c20-13-2-1-9(5-14(13)21)16(25)17(26)19-7-10-6-12-11(3-4-23-18(12)22)15(8-19)24(10)19/h1-5,10,15H,6-8H2/t10-,15-,19?/m1/s1. The molecule has 5 rings (SSSR count). The van der Waals surface area contributed by atoms with E-state index in [0.717, 1.165) is 5.56 Å². The quantitative estimate of drug-likeness (QED) is 0.454. The molecular formula is C19H13Cl2FN2O2. The number of nitrogens with zero attached hydrogens (tertiary/aromatic N) is 2. The summed E-state index contributed by atoms with van der Waals surface area (Å²) in [6, 6.07) is 6.35. The first-order chi connectivity index (χ1) is 12.4.